The van der Waals surface area contributed by atoms with Crippen LogP contribution in [0.2, 0.25) is 5.02 Å². The summed E-state index contributed by atoms with van der Waals surface area (Å²) < 4.78 is 6.64. The lowest BCUT2D eigenvalue weighted by molar-refractivity contribution is 0.0599. The van der Waals surface area contributed by atoms with Crippen LogP contribution < -0.4 is 5.32 Å². The summed E-state index contributed by atoms with van der Waals surface area (Å²) in [6.45, 7) is 3.74. The molecule has 2 aromatic heterocycles. The van der Waals surface area contributed by atoms with Gasteiger partial charge in [-0.15, -0.1) is 0 Å². The Morgan fingerprint density at radius 1 is 1.37 bits per heavy atom. The number of anilines is 1. The van der Waals surface area contributed by atoms with Crippen LogP contribution in [-0.4, -0.2) is 33.5 Å². The first kappa shape index (κ1) is 19.0. The predicted octanol–water partition coefficient (Wildman–Crippen LogP) is 3.85. The van der Waals surface area contributed by atoms with E-state index in [-0.39, 0.29) is 5.91 Å². The van der Waals surface area contributed by atoms with Crippen LogP contribution in [0, 0.1) is 6.92 Å². The monoisotopic (exact) mass is 388 g/mol. The van der Waals surface area contributed by atoms with Gasteiger partial charge in [-0.1, -0.05) is 24.9 Å². The molecule has 7 nitrogen and oxygen atoms in total. The number of amides is 1. The number of fused-ring (bicyclic) bond motifs is 1. The highest BCUT2D eigenvalue weighted by Gasteiger charge is 2.25. The number of methoxy groups -OCH3 is 1. The number of hydrogen-bond donors (Lipinski definition) is 2. The smallest absolute Gasteiger partial charge is 0.339 e. The van der Waals surface area contributed by atoms with Crippen LogP contribution in [0.15, 0.2) is 18.2 Å². The van der Waals surface area contributed by atoms with Crippen LogP contribution in [0.3, 0.4) is 0 Å². The van der Waals surface area contributed by atoms with Crippen LogP contribution in [0.1, 0.15) is 45.4 Å². The number of halogens is 1. The summed E-state index contributed by atoms with van der Waals surface area (Å²) in [5.74, 6) is -0.420. The number of rotatable bonds is 5. The molecular weight excluding hydrogens is 368 g/mol. The van der Waals surface area contributed by atoms with E-state index in [4.69, 9.17) is 16.3 Å². The van der Waals surface area contributed by atoms with Crippen LogP contribution in [-0.2, 0) is 18.2 Å². The van der Waals surface area contributed by atoms with Crippen molar-refractivity contribution in [1.29, 1.82) is 0 Å². The number of benzene rings is 1. The van der Waals surface area contributed by atoms with Crippen molar-refractivity contribution in [1.82, 2.24) is 14.5 Å². The fourth-order valence-electron chi connectivity index (χ4n) is 3.20. The van der Waals surface area contributed by atoms with Crippen molar-refractivity contribution >= 4 is 40.5 Å². The van der Waals surface area contributed by atoms with Gasteiger partial charge in [0.2, 0.25) is 5.95 Å². The van der Waals surface area contributed by atoms with Gasteiger partial charge in [0, 0.05) is 17.8 Å². The quantitative estimate of drug-likeness (QED) is 0.649. The van der Waals surface area contributed by atoms with E-state index in [2.05, 4.69) is 15.3 Å². The number of nitrogens with zero attached hydrogens (tertiary/aromatic N) is 2. The summed E-state index contributed by atoms with van der Waals surface area (Å²) in [7, 11) is 3.14. The molecule has 8 heteroatoms. The zero-order valence-corrected chi connectivity index (χ0v) is 16.4. The zero-order valence-electron chi connectivity index (χ0n) is 15.6. The molecule has 0 saturated heterocycles. The van der Waals surface area contributed by atoms with Crippen molar-refractivity contribution in [2.45, 2.75) is 26.7 Å². The number of esters is 1. The molecule has 142 valence electrons. The summed E-state index contributed by atoms with van der Waals surface area (Å²) in [6.07, 6.45) is 1.36. The number of aromatic amines is 1. The molecular formula is C19H21ClN4O3. The third kappa shape index (κ3) is 3.42. The lowest BCUT2D eigenvalue weighted by Gasteiger charge is -2.07. The fourth-order valence-corrected chi connectivity index (χ4v) is 3.36. The normalized spacial score (nSPS) is 11.0. The van der Waals surface area contributed by atoms with E-state index in [9.17, 15) is 9.59 Å². The SMILES string of the molecule is CCCc1c(C(=O)Nc2nc3cc(Cl)ccc3n2C)[nH]c(C)c1C(=O)OC. The second-order valence-electron chi connectivity index (χ2n) is 6.30. The molecule has 2 N–H and O–H groups in total. The molecule has 27 heavy (non-hydrogen) atoms. The van der Waals surface area contributed by atoms with Crippen molar-refractivity contribution in [3.8, 4) is 0 Å². The Bertz CT molecular complexity index is 1040. The van der Waals surface area contributed by atoms with Gasteiger partial charge in [0.15, 0.2) is 0 Å². The van der Waals surface area contributed by atoms with Crippen LogP contribution in [0.4, 0.5) is 5.95 Å². The molecule has 0 aliphatic rings. The Kier molecular flexibility index (Phi) is 5.23. The standard InChI is InChI=1S/C19H21ClN4O3/c1-5-6-12-15(18(26)27-4)10(2)21-16(12)17(25)23-19-22-13-9-11(20)7-8-14(13)24(19)3/h7-9,21H,5-6H2,1-4H3,(H,22,23,25). The molecule has 3 aromatic rings. The number of carbonyl (C=O) groups is 2. The topological polar surface area (TPSA) is 89.0 Å². The molecule has 1 amide bonds. The van der Waals surface area contributed by atoms with Gasteiger partial charge in [-0.3, -0.25) is 10.1 Å². The van der Waals surface area contributed by atoms with E-state index in [1.165, 1.54) is 7.11 Å². The maximum absolute atomic E-state index is 12.9. The Balaban J connectivity index is 1.99. The minimum atomic E-state index is -0.455. The van der Waals surface area contributed by atoms with Crippen LogP contribution in [0.5, 0.6) is 0 Å². The molecule has 0 spiro atoms. The third-order valence-electron chi connectivity index (χ3n) is 4.48. The number of aryl methyl sites for hydroxylation is 2. The van der Waals surface area contributed by atoms with Crippen molar-refractivity contribution < 1.29 is 14.3 Å². The van der Waals surface area contributed by atoms with Gasteiger partial charge < -0.3 is 14.3 Å². The van der Waals surface area contributed by atoms with Gasteiger partial charge in [0.25, 0.3) is 5.91 Å². The van der Waals surface area contributed by atoms with E-state index >= 15 is 0 Å². The van der Waals surface area contributed by atoms with E-state index in [1.54, 1.807) is 23.6 Å². The number of H-pyrrole nitrogens is 1. The second kappa shape index (κ2) is 7.44. The summed E-state index contributed by atoms with van der Waals surface area (Å²) >= 11 is 6.02. The fraction of sp³-hybridized carbons (Fsp3) is 0.316. The van der Waals surface area contributed by atoms with Crippen molar-refractivity contribution in [3.63, 3.8) is 0 Å². The summed E-state index contributed by atoms with van der Waals surface area (Å²) in [4.78, 5) is 32.5. The average Bonchev–Trinajstić information content (AvgIpc) is 3.11. The van der Waals surface area contributed by atoms with E-state index < -0.39 is 5.97 Å². The Labute approximate surface area is 161 Å². The van der Waals surface area contributed by atoms with E-state index in [0.29, 0.717) is 45.4 Å². The molecule has 0 bridgehead atoms. The number of nitrogens with one attached hydrogen (secondary N) is 2. The minimum absolute atomic E-state index is 0.347. The van der Waals surface area contributed by atoms with Crippen LogP contribution in [0.25, 0.3) is 11.0 Å². The highest BCUT2D eigenvalue weighted by atomic mass is 35.5. The maximum Gasteiger partial charge on any atom is 0.339 e. The van der Waals surface area contributed by atoms with Crippen LogP contribution >= 0.6 is 11.6 Å². The zero-order chi connectivity index (χ0) is 19.7. The molecule has 0 unspecified atom stereocenters. The highest BCUT2D eigenvalue weighted by molar-refractivity contribution is 6.31. The Hall–Kier alpha value is -2.80. The van der Waals surface area contributed by atoms with Crippen molar-refractivity contribution in [2.24, 2.45) is 7.05 Å². The Morgan fingerprint density at radius 3 is 2.78 bits per heavy atom. The highest BCUT2D eigenvalue weighted by Crippen LogP contribution is 2.25. The van der Waals surface area contributed by atoms with Gasteiger partial charge in [0.1, 0.15) is 5.69 Å². The molecule has 2 heterocycles. The van der Waals surface area contributed by atoms with Crippen molar-refractivity contribution in [2.75, 3.05) is 12.4 Å². The summed E-state index contributed by atoms with van der Waals surface area (Å²) in [5, 5.41) is 3.39. The number of aromatic nitrogens is 3. The number of ether oxygens (including phenoxy) is 1. The second-order valence-corrected chi connectivity index (χ2v) is 6.74. The first-order valence-electron chi connectivity index (χ1n) is 8.60. The first-order chi connectivity index (χ1) is 12.9. The maximum atomic E-state index is 12.9. The Morgan fingerprint density at radius 2 is 2.11 bits per heavy atom. The molecule has 0 fully saturated rings. The van der Waals surface area contributed by atoms with Gasteiger partial charge in [-0.25, -0.2) is 9.78 Å². The first-order valence-corrected chi connectivity index (χ1v) is 8.98. The molecule has 0 radical (unpaired) electrons. The minimum Gasteiger partial charge on any atom is -0.465 e. The van der Waals surface area contributed by atoms with E-state index in [0.717, 1.165) is 11.9 Å². The number of carbonyl (C=O) groups excluding carboxylic acids is 2. The number of hydrogen-bond acceptors (Lipinski definition) is 4. The number of imidazole rings is 1. The molecule has 0 atom stereocenters. The summed E-state index contributed by atoms with van der Waals surface area (Å²) in [6, 6.07) is 5.35. The summed E-state index contributed by atoms with van der Waals surface area (Å²) in [5.41, 5.74) is 3.56. The van der Waals surface area contributed by atoms with E-state index in [1.807, 2.05) is 20.0 Å². The third-order valence-corrected chi connectivity index (χ3v) is 4.71. The van der Waals surface area contributed by atoms with Gasteiger partial charge >= 0.3 is 5.97 Å². The lowest BCUT2D eigenvalue weighted by atomic mass is 10.0. The molecule has 0 aliphatic carbocycles. The molecule has 0 saturated carbocycles. The molecule has 3 rings (SSSR count). The molecule has 0 aliphatic heterocycles. The largest absolute Gasteiger partial charge is 0.465 e. The van der Waals surface area contributed by atoms with Gasteiger partial charge in [0.05, 0.1) is 23.7 Å². The van der Waals surface area contributed by atoms with Crippen molar-refractivity contribution in [3.05, 3.63) is 45.7 Å². The molecule has 1 aromatic carbocycles. The predicted molar refractivity (Wildman–Crippen MR) is 105 cm³/mol. The lowest BCUT2D eigenvalue weighted by Crippen LogP contribution is -2.17. The average molecular weight is 389 g/mol. The van der Waals surface area contributed by atoms with Gasteiger partial charge in [-0.05, 0) is 37.1 Å². The van der Waals surface area contributed by atoms with Gasteiger partial charge in [-0.2, -0.15) is 0 Å².